The lowest BCUT2D eigenvalue weighted by Crippen LogP contribution is -2.38. The third-order valence-corrected chi connectivity index (χ3v) is 6.22. The number of anilines is 1. The van der Waals surface area contributed by atoms with Gasteiger partial charge in [-0.25, -0.2) is 4.98 Å². The molecular formula is C19H25N3O2S2. The number of amides is 1. The highest BCUT2D eigenvalue weighted by Gasteiger charge is 2.22. The summed E-state index contributed by atoms with van der Waals surface area (Å²) in [6.07, 6.45) is 1.71. The number of Topliss-reactive ketones (excluding diaryl/α,β-unsaturated/α-hetero) is 1. The normalized spacial score (nSPS) is 20.8. The Hall–Kier alpha value is -1.57. The third kappa shape index (κ3) is 5.46. The minimum absolute atomic E-state index is 0.0170. The minimum Gasteiger partial charge on any atom is -0.302 e. The number of aromatic nitrogens is 1. The first-order valence-electron chi connectivity index (χ1n) is 9.03. The van der Waals surface area contributed by atoms with Crippen LogP contribution >= 0.6 is 22.7 Å². The van der Waals surface area contributed by atoms with Crippen LogP contribution in [0.1, 0.15) is 48.5 Å². The number of hydrogen-bond acceptors (Lipinski definition) is 6. The van der Waals surface area contributed by atoms with E-state index >= 15 is 0 Å². The molecule has 5 nitrogen and oxygen atoms in total. The predicted octanol–water partition coefficient (Wildman–Crippen LogP) is 4.28. The number of carbonyl (C=O) groups is 2. The Morgan fingerprint density at radius 2 is 2.00 bits per heavy atom. The van der Waals surface area contributed by atoms with Crippen LogP contribution in [0.2, 0.25) is 0 Å². The Kier molecular flexibility index (Phi) is 6.56. The van der Waals surface area contributed by atoms with Crippen molar-refractivity contribution in [2.45, 2.75) is 39.7 Å². The van der Waals surface area contributed by atoms with Gasteiger partial charge < -0.3 is 5.32 Å². The van der Waals surface area contributed by atoms with E-state index in [9.17, 15) is 9.59 Å². The summed E-state index contributed by atoms with van der Waals surface area (Å²) >= 11 is 2.86. The fourth-order valence-electron chi connectivity index (χ4n) is 3.56. The van der Waals surface area contributed by atoms with E-state index in [4.69, 9.17) is 0 Å². The van der Waals surface area contributed by atoms with Crippen molar-refractivity contribution in [3.05, 3.63) is 33.5 Å². The van der Waals surface area contributed by atoms with Crippen molar-refractivity contribution >= 4 is 39.5 Å². The molecule has 0 radical (unpaired) electrons. The SMILES string of the molecule is C[C@@H]1C[C@H](C)CN(Cc2csc(NC(=O)CCC(=O)c3cccs3)n2)C1. The lowest BCUT2D eigenvalue weighted by atomic mass is 9.92. The summed E-state index contributed by atoms with van der Waals surface area (Å²) in [5.41, 5.74) is 1.00. The Balaban J connectivity index is 1.45. The monoisotopic (exact) mass is 391 g/mol. The maximum atomic E-state index is 12.1. The van der Waals surface area contributed by atoms with Crippen LogP contribution in [0, 0.1) is 11.8 Å². The van der Waals surface area contributed by atoms with Crippen LogP contribution in [0.15, 0.2) is 22.9 Å². The molecule has 2 aromatic rings. The summed E-state index contributed by atoms with van der Waals surface area (Å²) in [5, 5.41) is 7.32. The van der Waals surface area contributed by atoms with Gasteiger partial charge in [-0.05, 0) is 29.7 Å². The molecule has 1 saturated heterocycles. The quantitative estimate of drug-likeness (QED) is 0.716. The third-order valence-electron chi connectivity index (χ3n) is 4.50. The highest BCUT2D eigenvalue weighted by atomic mass is 32.1. The highest BCUT2D eigenvalue weighted by Crippen LogP contribution is 2.24. The van der Waals surface area contributed by atoms with Crippen LogP contribution in [-0.4, -0.2) is 34.7 Å². The number of piperidine rings is 1. The van der Waals surface area contributed by atoms with Crippen LogP contribution in [0.25, 0.3) is 0 Å². The van der Waals surface area contributed by atoms with Crippen molar-refractivity contribution in [2.75, 3.05) is 18.4 Å². The largest absolute Gasteiger partial charge is 0.302 e. The molecule has 0 aliphatic carbocycles. The summed E-state index contributed by atoms with van der Waals surface area (Å²) in [4.78, 5) is 31.7. The smallest absolute Gasteiger partial charge is 0.226 e. The Labute approximate surface area is 162 Å². The summed E-state index contributed by atoms with van der Waals surface area (Å²) in [7, 11) is 0. The van der Waals surface area contributed by atoms with Crippen molar-refractivity contribution in [3.63, 3.8) is 0 Å². The summed E-state index contributed by atoms with van der Waals surface area (Å²) < 4.78 is 0. The Bertz CT molecular complexity index is 732. The molecule has 1 N–H and O–H groups in total. The number of nitrogens with one attached hydrogen (secondary N) is 1. The van der Waals surface area contributed by atoms with Gasteiger partial charge in [0.2, 0.25) is 5.91 Å². The second kappa shape index (κ2) is 8.88. The maximum absolute atomic E-state index is 12.1. The number of nitrogens with zero attached hydrogens (tertiary/aromatic N) is 2. The number of thiazole rings is 1. The summed E-state index contributed by atoms with van der Waals surface area (Å²) in [6, 6.07) is 3.64. The van der Waals surface area contributed by atoms with E-state index in [1.807, 2.05) is 16.8 Å². The molecule has 26 heavy (non-hydrogen) atoms. The highest BCUT2D eigenvalue weighted by molar-refractivity contribution is 7.14. The van der Waals surface area contributed by atoms with E-state index in [2.05, 4.69) is 29.0 Å². The molecule has 1 aliphatic heterocycles. The van der Waals surface area contributed by atoms with E-state index in [1.54, 1.807) is 6.07 Å². The second-order valence-corrected chi connectivity index (χ2v) is 9.04. The zero-order chi connectivity index (χ0) is 18.5. The molecule has 2 aromatic heterocycles. The summed E-state index contributed by atoms with van der Waals surface area (Å²) in [5.74, 6) is 1.30. The van der Waals surface area contributed by atoms with Crippen molar-refractivity contribution in [3.8, 4) is 0 Å². The molecule has 0 aromatic carbocycles. The molecule has 3 rings (SSSR count). The van der Waals surface area contributed by atoms with Gasteiger partial charge in [0.05, 0.1) is 10.6 Å². The van der Waals surface area contributed by atoms with E-state index in [0.717, 1.165) is 37.2 Å². The van der Waals surface area contributed by atoms with Gasteiger partial charge >= 0.3 is 0 Å². The zero-order valence-electron chi connectivity index (χ0n) is 15.2. The average Bonchev–Trinajstić information content (AvgIpc) is 3.24. The van der Waals surface area contributed by atoms with Gasteiger partial charge in [-0.3, -0.25) is 14.5 Å². The van der Waals surface area contributed by atoms with Crippen molar-refractivity contribution < 1.29 is 9.59 Å². The van der Waals surface area contributed by atoms with E-state index in [1.165, 1.54) is 29.1 Å². The van der Waals surface area contributed by atoms with E-state index in [-0.39, 0.29) is 24.5 Å². The van der Waals surface area contributed by atoms with Gasteiger partial charge in [-0.2, -0.15) is 0 Å². The standard InChI is InChI=1S/C19H25N3O2S2/c1-13-8-14(2)10-22(9-13)11-15-12-26-19(20-15)21-18(24)6-5-16(23)17-4-3-7-25-17/h3-4,7,12-14H,5-6,8-11H2,1-2H3,(H,20,21,24)/t13-,14+. The fraction of sp³-hybridized carbons (Fsp3) is 0.526. The number of likely N-dealkylation sites (tertiary alicyclic amines) is 1. The minimum atomic E-state index is -0.156. The molecule has 2 atom stereocenters. The number of hydrogen-bond donors (Lipinski definition) is 1. The topological polar surface area (TPSA) is 62.3 Å². The van der Waals surface area contributed by atoms with Crippen LogP contribution in [0.4, 0.5) is 5.13 Å². The first-order chi connectivity index (χ1) is 12.5. The van der Waals surface area contributed by atoms with Gasteiger partial charge in [0, 0.05) is 37.9 Å². The molecule has 1 amide bonds. The Morgan fingerprint density at radius 3 is 2.69 bits per heavy atom. The molecule has 1 aliphatic rings. The van der Waals surface area contributed by atoms with Crippen molar-refractivity contribution in [2.24, 2.45) is 11.8 Å². The number of ketones is 1. The lowest BCUT2D eigenvalue weighted by Gasteiger charge is -2.34. The average molecular weight is 392 g/mol. The predicted molar refractivity (Wildman–Crippen MR) is 107 cm³/mol. The molecule has 0 saturated carbocycles. The van der Waals surface area contributed by atoms with Gasteiger partial charge in [-0.15, -0.1) is 22.7 Å². The van der Waals surface area contributed by atoms with Crippen LogP contribution < -0.4 is 5.32 Å². The first kappa shape index (κ1) is 19.2. The van der Waals surface area contributed by atoms with E-state index in [0.29, 0.717) is 10.0 Å². The summed E-state index contributed by atoms with van der Waals surface area (Å²) in [6.45, 7) is 7.64. The fourth-order valence-corrected chi connectivity index (χ4v) is 4.97. The molecule has 0 spiro atoms. The molecule has 1 fully saturated rings. The molecule has 3 heterocycles. The van der Waals surface area contributed by atoms with Crippen LogP contribution in [0.5, 0.6) is 0 Å². The molecular weight excluding hydrogens is 366 g/mol. The first-order valence-corrected chi connectivity index (χ1v) is 10.8. The van der Waals surface area contributed by atoms with Crippen molar-refractivity contribution in [1.29, 1.82) is 0 Å². The number of carbonyl (C=O) groups excluding carboxylic acids is 2. The molecule has 7 heteroatoms. The maximum Gasteiger partial charge on any atom is 0.226 e. The van der Waals surface area contributed by atoms with Crippen molar-refractivity contribution in [1.82, 2.24) is 9.88 Å². The Morgan fingerprint density at radius 1 is 1.23 bits per heavy atom. The molecule has 0 bridgehead atoms. The second-order valence-electron chi connectivity index (χ2n) is 7.23. The van der Waals surface area contributed by atoms with Crippen LogP contribution in [-0.2, 0) is 11.3 Å². The van der Waals surface area contributed by atoms with Gasteiger partial charge in [0.1, 0.15) is 0 Å². The van der Waals surface area contributed by atoms with E-state index < -0.39 is 0 Å². The molecule has 140 valence electrons. The van der Waals surface area contributed by atoms with Gasteiger partial charge in [0.15, 0.2) is 10.9 Å². The van der Waals surface area contributed by atoms with Gasteiger partial charge in [-0.1, -0.05) is 19.9 Å². The molecule has 0 unspecified atom stereocenters. The lowest BCUT2D eigenvalue weighted by molar-refractivity contribution is -0.116. The van der Waals surface area contributed by atoms with Crippen LogP contribution in [0.3, 0.4) is 0 Å². The number of rotatable bonds is 7. The number of thiophene rings is 1. The van der Waals surface area contributed by atoms with Gasteiger partial charge in [0.25, 0.3) is 0 Å². The zero-order valence-corrected chi connectivity index (χ0v) is 16.9.